The van der Waals surface area contributed by atoms with Gasteiger partial charge in [0.1, 0.15) is 0 Å². The van der Waals surface area contributed by atoms with E-state index in [-0.39, 0.29) is 0 Å². The largest absolute Gasteiger partial charge is 0.395 e. The SMILES string of the molecule is CCNC(CCN1CCCCC1CO)c1ccccc1Br. The number of rotatable bonds is 7. The van der Waals surface area contributed by atoms with Crippen LogP contribution in [0.3, 0.4) is 0 Å². The molecule has 0 bridgehead atoms. The summed E-state index contributed by atoms with van der Waals surface area (Å²) in [6.07, 6.45) is 4.73. The van der Waals surface area contributed by atoms with E-state index in [0.29, 0.717) is 18.7 Å². The van der Waals surface area contributed by atoms with Gasteiger partial charge in [-0.3, -0.25) is 4.90 Å². The molecule has 1 aromatic carbocycles. The third-order valence-corrected chi connectivity index (χ3v) is 5.12. The Labute approximate surface area is 136 Å². The predicted molar refractivity (Wildman–Crippen MR) is 91.5 cm³/mol. The van der Waals surface area contributed by atoms with Crippen molar-refractivity contribution in [3.05, 3.63) is 34.3 Å². The van der Waals surface area contributed by atoms with Gasteiger partial charge in [-0.05, 0) is 44.0 Å². The predicted octanol–water partition coefficient (Wildman–Crippen LogP) is 3.34. The normalized spacial score (nSPS) is 21.4. The topological polar surface area (TPSA) is 35.5 Å². The van der Waals surface area contributed by atoms with Gasteiger partial charge in [-0.15, -0.1) is 0 Å². The highest BCUT2D eigenvalue weighted by atomic mass is 79.9. The van der Waals surface area contributed by atoms with E-state index in [4.69, 9.17) is 0 Å². The molecule has 2 rings (SSSR count). The zero-order chi connectivity index (χ0) is 15.1. The highest BCUT2D eigenvalue weighted by Crippen LogP contribution is 2.26. The molecule has 1 aliphatic heterocycles. The molecule has 0 saturated carbocycles. The molecule has 3 nitrogen and oxygen atoms in total. The van der Waals surface area contributed by atoms with Crippen LogP contribution in [0.15, 0.2) is 28.7 Å². The van der Waals surface area contributed by atoms with Crippen LogP contribution < -0.4 is 5.32 Å². The average Bonchev–Trinajstić information content (AvgIpc) is 2.52. The molecule has 0 aliphatic carbocycles. The minimum absolute atomic E-state index is 0.293. The van der Waals surface area contributed by atoms with Crippen LogP contribution in [0.5, 0.6) is 0 Å². The van der Waals surface area contributed by atoms with Crippen LogP contribution in [0.2, 0.25) is 0 Å². The maximum atomic E-state index is 9.53. The Hall–Kier alpha value is -0.420. The number of aliphatic hydroxyl groups is 1. The fourth-order valence-corrected chi connectivity index (χ4v) is 3.79. The van der Waals surface area contributed by atoms with Crippen LogP contribution in [0.25, 0.3) is 0 Å². The van der Waals surface area contributed by atoms with Gasteiger partial charge < -0.3 is 10.4 Å². The fraction of sp³-hybridized carbons (Fsp3) is 0.647. The fourth-order valence-electron chi connectivity index (χ4n) is 3.23. The van der Waals surface area contributed by atoms with Crippen LogP contribution in [0.4, 0.5) is 0 Å². The van der Waals surface area contributed by atoms with Crippen molar-refractivity contribution in [2.45, 2.75) is 44.7 Å². The molecule has 0 amide bonds. The lowest BCUT2D eigenvalue weighted by atomic mass is 9.99. The number of likely N-dealkylation sites (tertiary alicyclic amines) is 1. The number of nitrogens with zero attached hydrogens (tertiary/aromatic N) is 1. The molecule has 1 aliphatic rings. The second-order valence-corrected chi connectivity index (χ2v) is 6.64. The average molecular weight is 355 g/mol. The van der Waals surface area contributed by atoms with Crippen molar-refractivity contribution in [3.63, 3.8) is 0 Å². The molecule has 1 heterocycles. The first-order valence-electron chi connectivity index (χ1n) is 8.09. The first kappa shape index (κ1) is 16.9. The van der Waals surface area contributed by atoms with E-state index in [1.54, 1.807) is 0 Å². The number of aliphatic hydroxyl groups excluding tert-OH is 1. The molecule has 2 unspecified atom stereocenters. The van der Waals surface area contributed by atoms with E-state index in [2.05, 4.69) is 57.3 Å². The summed E-state index contributed by atoms with van der Waals surface area (Å²) in [5, 5.41) is 13.1. The van der Waals surface area contributed by atoms with E-state index in [1.165, 1.54) is 22.9 Å². The highest BCUT2D eigenvalue weighted by Gasteiger charge is 2.23. The lowest BCUT2D eigenvalue weighted by molar-refractivity contribution is 0.0865. The quantitative estimate of drug-likeness (QED) is 0.788. The lowest BCUT2D eigenvalue weighted by Gasteiger charge is -2.35. The van der Waals surface area contributed by atoms with E-state index >= 15 is 0 Å². The Bertz CT molecular complexity index is 427. The van der Waals surface area contributed by atoms with Crippen LogP contribution in [0, 0.1) is 0 Å². The molecule has 2 N–H and O–H groups in total. The maximum absolute atomic E-state index is 9.53. The summed E-state index contributed by atoms with van der Waals surface area (Å²) in [7, 11) is 0. The Kier molecular flexibility index (Phi) is 7.17. The van der Waals surface area contributed by atoms with Crippen LogP contribution in [-0.4, -0.2) is 42.3 Å². The van der Waals surface area contributed by atoms with Crippen molar-refractivity contribution < 1.29 is 5.11 Å². The van der Waals surface area contributed by atoms with Crippen molar-refractivity contribution in [1.82, 2.24) is 10.2 Å². The zero-order valence-corrected chi connectivity index (χ0v) is 14.5. The molecule has 1 fully saturated rings. The number of nitrogens with one attached hydrogen (secondary N) is 1. The van der Waals surface area contributed by atoms with Gasteiger partial charge in [-0.25, -0.2) is 0 Å². The molecular formula is C17H27BrN2O. The van der Waals surface area contributed by atoms with Crippen molar-refractivity contribution in [2.75, 3.05) is 26.2 Å². The third-order valence-electron chi connectivity index (χ3n) is 4.40. The Morgan fingerprint density at radius 2 is 2.19 bits per heavy atom. The minimum Gasteiger partial charge on any atom is -0.395 e. The number of benzene rings is 1. The number of piperidine rings is 1. The lowest BCUT2D eigenvalue weighted by Crippen LogP contribution is -2.43. The second kappa shape index (κ2) is 8.89. The molecule has 0 spiro atoms. The molecule has 0 aromatic heterocycles. The van der Waals surface area contributed by atoms with Gasteiger partial charge in [0, 0.05) is 23.1 Å². The number of hydrogen-bond acceptors (Lipinski definition) is 3. The molecule has 1 aromatic rings. The minimum atomic E-state index is 0.293. The smallest absolute Gasteiger partial charge is 0.0586 e. The van der Waals surface area contributed by atoms with Gasteiger partial charge in [0.2, 0.25) is 0 Å². The summed E-state index contributed by atoms with van der Waals surface area (Å²) in [6.45, 7) is 5.59. The maximum Gasteiger partial charge on any atom is 0.0586 e. The van der Waals surface area contributed by atoms with Gasteiger partial charge in [0.05, 0.1) is 6.61 Å². The van der Waals surface area contributed by atoms with Gasteiger partial charge >= 0.3 is 0 Å². The summed E-state index contributed by atoms with van der Waals surface area (Å²) in [5.41, 5.74) is 1.33. The third kappa shape index (κ3) is 4.78. The zero-order valence-electron chi connectivity index (χ0n) is 12.9. The van der Waals surface area contributed by atoms with Crippen molar-refractivity contribution in [3.8, 4) is 0 Å². The van der Waals surface area contributed by atoms with Crippen molar-refractivity contribution >= 4 is 15.9 Å². The summed E-state index contributed by atoms with van der Waals surface area (Å²) >= 11 is 3.66. The van der Waals surface area contributed by atoms with Crippen molar-refractivity contribution in [1.29, 1.82) is 0 Å². The van der Waals surface area contributed by atoms with Crippen molar-refractivity contribution in [2.24, 2.45) is 0 Å². The molecule has 2 atom stereocenters. The molecule has 1 saturated heterocycles. The van der Waals surface area contributed by atoms with E-state index in [0.717, 1.165) is 32.5 Å². The second-order valence-electron chi connectivity index (χ2n) is 5.79. The number of hydrogen-bond donors (Lipinski definition) is 2. The van der Waals surface area contributed by atoms with E-state index in [1.807, 2.05) is 0 Å². The van der Waals surface area contributed by atoms with E-state index < -0.39 is 0 Å². The Morgan fingerprint density at radius 1 is 1.38 bits per heavy atom. The summed E-state index contributed by atoms with van der Waals surface area (Å²) < 4.78 is 1.17. The molecule has 118 valence electrons. The van der Waals surface area contributed by atoms with Gasteiger partial charge in [0.25, 0.3) is 0 Å². The molecule has 21 heavy (non-hydrogen) atoms. The Morgan fingerprint density at radius 3 is 2.90 bits per heavy atom. The molecular weight excluding hydrogens is 328 g/mol. The van der Waals surface area contributed by atoms with Gasteiger partial charge in [-0.1, -0.05) is 47.5 Å². The highest BCUT2D eigenvalue weighted by molar-refractivity contribution is 9.10. The standard InChI is InChI=1S/C17H27BrN2O/c1-2-19-17(15-8-3-4-9-16(15)18)10-12-20-11-6-5-7-14(20)13-21/h3-4,8-9,14,17,19,21H,2,5-7,10-13H2,1H3. The molecule has 0 radical (unpaired) electrons. The number of halogens is 1. The van der Waals surface area contributed by atoms with E-state index in [9.17, 15) is 5.11 Å². The molecule has 4 heteroatoms. The Balaban J connectivity index is 1.98. The van der Waals surface area contributed by atoms with Crippen LogP contribution in [0.1, 0.15) is 44.2 Å². The summed E-state index contributed by atoms with van der Waals surface area (Å²) in [5.74, 6) is 0. The van der Waals surface area contributed by atoms with Crippen LogP contribution >= 0.6 is 15.9 Å². The first-order valence-corrected chi connectivity index (χ1v) is 8.88. The van der Waals surface area contributed by atoms with Gasteiger partial charge in [-0.2, -0.15) is 0 Å². The van der Waals surface area contributed by atoms with Gasteiger partial charge in [0.15, 0.2) is 0 Å². The van der Waals surface area contributed by atoms with Crippen LogP contribution in [-0.2, 0) is 0 Å². The summed E-state index contributed by atoms with van der Waals surface area (Å²) in [6, 6.07) is 9.19. The first-order chi connectivity index (χ1) is 10.3. The summed E-state index contributed by atoms with van der Waals surface area (Å²) in [4.78, 5) is 2.46. The monoisotopic (exact) mass is 354 g/mol.